The molecule has 4 nitrogen and oxygen atoms in total. The largest absolute Gasteiger partial charge is 0.385 e. The third-order valence-electron chi connectivity index (χ3n) is 4.43. The average Bonchev–Trinajstić information content (AvgIpc) is 2.85. The summed E-state index contributed by atoms with van der Waals surface area (Å²) in [5.41, 5.74) is 0. The molecule has 2 fully saturated rings. The van der Waals surface area contributed by atoms with Crippen LogP contribution in [0.3, 0.4) is 0 Å². The molecule has 19 heavy (non-hydrogen) atoms. The van der Waals surface area contributed by atoms with Crippen LogP contribution in [0.5, 0.6) is 0 Å². The number of ether oxygens (including phenoxy) is 1. The maximum absolute atomic E-state index is 12.3. The third kappa shape index (κ3) is 3.56. The number of hydrogen-bond donors (Lipinski definition) is 0. The van der Waals surface area contributed by atoms with Gasteiger partial charge in [-0.05, 0) is 38.5 Å². The van der Waals surface area contributed by atoms with E-state index in [-0.39, 0.29) is 17.9 Å². The van der Waals surface area contributed by atoms with Crippen LogP contribution in [-0.2, 0) is 14.3 Å². The van der Waals surface area contributed by atoms with E-state index in [1.165, 1.54) is 0 Å². The third-order valence-corrected chi connectivity index (χ3v) is 4.43. The molecule has 108 valence electrons. The molecular weight excluding hydrogens is 242 g/mol. The van der Waals surface area contributed by atoms with Crippen molar-refractivity contribution in [1.82, 2.24) is 4.90 Å². The second kappa shape index (κ2) is 7.04. The van der Waals surface area contributed by atoms with E-state index in [1.54, 1.807) is 7.11 Å². The molecule has 0 radical (unpaired) electrons. The fourth-order valence-electron chi connectivity index (χ4n) is 3.45. The average molecular weight is 267 g/mol. The van der Waals surface area contributed by atoms with Gasteiger partial charge in [-0.15, -0.1) is 0 Å². The second-order valence-corrected chi connectivity index (χ2v) is 5.71. The normalized spacial score (nSPS) is 27.8. The van der Waals surface area contributed by atoms with Crippen LogP contribution in [0.4, 0.5) is 0 Å². The van der Waals surface area contributed by atoms with Crippen molar-refractivity contribution in [2.75, 3.05) is 20.3 Å². The Morgan fingerprint density at radius 2 is 2.16 bits per heavy atom. The first-order valence-corrected chi connectivity index (χ1v) is 7.55. The summed E-state index contributed by atoms with van der Waals surface area (Å²) in [5.74, 6) is 0.703. The number of carbonyl (C=O) groups excluding carboxylic acids is 2. The molecule has 1 aliphatic carbocycles. The Balaban J connectivity index is 1.95. The van der Waals surface area contributed by atoms with Gasteiger partial charge in [0.25, 0.3) is 0 Å². The van der Waals surface area contributed by atoms with Gasteiger partial charge in [-0.25, -0.2) is 0 Å². The van der Waals surface area contributed by atoms with Gasteiger partial charge in [0.15, 0.2) is 0 Å². The zero-order chi connectivity index (χ0) is 13.7. The lowest BCUT2D eigenvalue weighted by Gasteiger charge is -2.39. The summed E-state index contributed by atoms with van der Waals surface area (Å²) in [7, 11) is 1.66. The number of methoxy groups -OCH3 is 1. The van der Waals surface area contributed by atoms with Gasteiger partial charge in [-0.3, -0.25) is 9.59 Å². The zero-order valence-corrected chi connectivity index (χ0v) is 11.9. The Bertz CT molecular complexity index is 329. The van der Waals surface area contributed by atoms with Crippen molar-refractivity contribution in [3.05, 3.63) is 0 Å². The Morgan fingerprint density at radius 1 is 1.32 bits per heavy atom. The number of piperidine rings is 1. The van der Waals surface area contributed by atoms with Gasteiger partial charge in [-0.1, -0.05) is 0 Å². The SMILES string of the molecule is COCCCC(=O)N1CCCCC1C1CCCC1=O. The summed E-state index contributed by atoms with van der Waals surface area (Å²) in [5, 5.41) is 0. The van der Waals surface area contributed by atoms with Crippen molar-refractivity contribution in [2.24, 2.45) is 5.92 Å². The van der Waals surface area contributed by atoms with E-state index in [4.69, 9.17) is 4.74 Å². The first-order chi connectivity index (χ1) is 9.24. The summed E-state index contributed by atoms with van der Waals surface area (Å²) in [6.45, 7) is 1.47. The monoisotopic (exact) mass is 267 g/mol. The highest BCUT2D eigenvalue weighted by Crippen LogP contribution is 2.33. The molecule has 1 heterocycles. The lowest BCUT2D eigenvalue weighted by atomic mass is 9.88. The molecule has 2 aliphatic rings. The predicted octanol–water partition coefficient (Wildman–Crippen LogP) is 2.16. The minimum atomic E-state index is 0.117. The van der Waals surface area contributed by atoms with E-state index in [2.05, 4.69) is 0 Å². The van der Waals surface area contributed by atoms with Crippen LogP contribution < -0.4 is 0 Å². The number of nitrogens with zero attached hydrogens (tertiary/aromatic N) is 1. The molecule has 0 N–H and O–H groups in total. The van der Waals surface area contributed by atoms with Crippen molar-refractivity contribution in [3.63, 3.8) is 0 Å². The first kappa shape index (κ1) is 14.5. The minimum Gasteiger partial charge on any atom is -0.385 e. The van der Waals surface area contributed by atoms with Gasteiger partial charge in [-0.2, -0.15) is 0 Å². The van der Waals surface area contributed by atoms with Gasteiger partial charge >= 0.3 is 0 Å². The molecular formula is C15H25NO3. The number of amides is 1. The number of Topliss-reactive ketones (excluding diaryl/α,β-unsaturated/α-hetero) is 1. The predicted molar refractivity (Wildman–Crippen MR) is 72.8 cm³/mol. The highest BCUT2D eigenvalue weighted by molar-refractivity contribution is 5.85. The molecule has 2 rings (SSSR count). The van der Waals surface area contributed by atoms with Crippen LogP contribution in [0.1, 0.15) is 51.4 Å². The summed E-state index contributed by atoms with van der Waals surface area (Å²) < 4.78 is 5.00. The van der Waals surface area contributed by atoms with Gasteiger partial charge in [0.1, 0.15) is 5.78 Å². The Hall–Kier alpha value is -0.900. The molecule has 0 bridgehead atoms. The molecule has 0 spiro atoms. The Morgan fingerprint density at radius 3 is 2.84 bits per heavy atom. The maximum atomic E-state index is 12.3. The number of carbonyl (C=O) groups is 2. The summed E-state index contributed by atoms with van der Waals surface area (Å²) in [6, 6.07) is 0.179. The standard InChI is InChI=1S/C15H25NO3/c1-19-11-5-9-15(18)16-10-3-2-7-13(16)12-6-4-8-14(12)17/h12-13H,2-11H2,1H3. The van der Waals surface area contributed by atoms with E-state index < -0.39 is 0 Å². The molecule has 1 saturated heterocycles. The quantitative estimate of drug-likeness (QED) is 0.717. The summed E-state index contributed by atoms with van der Waals surface area (Å²) >= 11 is 0. The number of ketones is 1. The molecule has 1 amide bonds. The van der Waals surface area contributed by atoms with Crippen LogP contribution in [0, 0.1) is 5.92 Å². The highest BCUT2D eigenvalue weighted by atomic mass is 16.5. The molecule has 2 unspecified atom stereocenters. The number of likely N-dealkylation sites (tertiary alicyclic amines) is 1. The number of hydrogen-bond acceptors (Lipinski definition) is 3. The molecule has 0 aromatic carbocycles. The summed E-state index contributed by atoms with van der Waals surface area (Å²) in [4.78, 5) is 26.2. The number of rotatable bonds is 5. The van der Waals surface area contributed by atoms with Crippen molar-refractivity contribution < 1.29 is 14.3 Å². The lowest BCUT2D eigenvalue weighted by molar-refractivity contribution is -0.138. The molecule has 1 saturated carbocycles. The van der Waals surface area contributed by atoms with Crippen molar-refractivity contribution in [3.8, 4) is 0 Å². The van der Waals surface area contributed by atoms with Crippen LogP contribution in [0.2, 0.25) is 0 Å². The van der Waals surface area contributed by atoms with Crippen LogP contribution in [-0.4, -0.2) is 42.9 Å². The van der Waals surface area contributed by atoms with Crippen molar-refractivity contribution >= 4 is 11.7 Å². The van der Waals surface area contributed by atoms with E-state index in [1.807, 2.05) is 4.90 Å². The fraction of sp³-hybridized carbons (Fsp3) is 0.867. The van der Waals surface area contributed by atoms with Gasteiger partial charge in [0.05, 0.1) is 0 Å². The van der Waals surface area contributed by atoms with E-state index in [0.29, 0.717) is 25.2 Å². The Labute approximate surface area is 115 Å². The maximum Gasteiger partial charge on any atom is 0.222 e. The van der Waals surface area contributed by atoms with Gasteiger partial charge < -0.3 is 9.64 Å². The molecule has 0 aromatic rings. The zero-order valence-electron chi connectivity index (χ0n) is 11.9. The van der Waals surface area contributed by atoms with Crippen LogP contribution in [0.25, 0.3) is 0 Å². The van der Waals surface area contributed by atoms with Crippen molar-refractivity contribution in [1.29, 1.82) is 0 Å². The smallest absolute Gasteiger partial charge is 0.222 e. The first-order valence-electron chi connectivity index (χ1n) is 7.55. The second-order valence-electron chi connectivity index (χ2n) is 5.71. The molecule has 0 aromatic heterocycles. The van der Waals surface area contributed by atoms with Crippen molar-refractivity contribution in [2.45, 2.75) is 57.4 Å². The van der Waals surface area contributed by atoms with E-state index in [0.717, 1.165) is 45.1 Å². The molecule has 1 aliphatic heterocycles. The topological polar surface area (TPSA) is 46.6 Å². The summed E-state index contributed by atoms with van der Waals surface area (Å²) in [6.07, 6.45) is 7.25. The minimum absolute atomic E-state index is 0.117. The van der Waals surface area contributed by atoms with Crippen LogP contribution in [0.15, 0.2) is 0 Å². The van der Waals surface area contributed by atoms with E-state index in [9.17, 15) is 9.59 Å². The molecule has 2 atom stereocenters. The fourth-order valence-corrected chi connectivity index (χ4v) is 3.45. The van der Waals surface area contributed by atoms with Gasteiger partial charge in [0.2, 0.25) is 5.91 Å². The lowest BCUT2D eigenvalue weighted by Crippen LogP contribution is -2.48. The molecule has 4 heteroatoms. The van der Waals surface area contributed by atoms with Crippen LogP contribution >= 0.6 is 0 Å². The highest BCUT2D eigenvalue weighted by Gasteiger charge is 2.38. The Kier molecular flexibility index (Phi) is 5.37. The van der Waals surface area contributed by atoms with E-state index >= 15 is 0 Å². The van der Waals surface area contributed by atoms with Gasteiger partial charge in [0, 0.05) is 45.1 Å².